The minimum Gasteiger partial charge on any atom is -0.345 e. The van der Waals surface area contributed by atoms with Gasteiger partial charge in [0.2, 0.25) is 0 Å². The number of carbonyl (C=O) groups excluding carboxylic acids is 1. The Morgan fingerprint density at radius 1 is 1.40 bits per heavy atom. The highest BCUT2D eigenvalue weighted by molar-refractivity contribution is 5.95. The highest BCUT2D eigenvalue weighted by atomic mass is 35.5. The number of carbonyl (C=O) groups is 1. The van der Waals surface area contributed by atoms with Crippen molar-refractivity contribution in [1.29, 1.82) is 0 Å². The Bertz CT molecular complexity index is 787. The zero-order valence-corrected chi connectivity index (χ0v) is 15.5. The fourth-order valence-corrected chi connectivity index (χ4v) is 3.06. The lowest BCUT2D eigenvalue weighted by atomic mass is 9.95. The zero-order valence-electron chi connectivity index (χ0n) is 14.7. The van der Waals surface area contributed by atoms with Crippen molar-refractivity contribution in [2.75, 3.05) is 6.54 Å². The third-order valence-corrected chi connectivity index (χ3v) is 4.75. The molecule has 0 bridgehead atoms. The third-order valence-electron chi connectivity index (χ3n) is 4.75. The van der Waals surface area contributed by atoms with Crippen LogP contribution in [0.3, 0.4) is 0 Å². The van der Waals surface area contributed by atoms with Crippen LogP contribution < -0.4 is 11.1 Å². The van der Waals surface area contributed by atoms with E-state index in [1.165, 1.54) is 6.07 Å². The molecule has 1 aromatic carbocycles. The molecule has 1 unspecified atom stereocenters. The quantitative estimate of drug-likeness (QED) is 0.854. The van der Waals surface area contributed by atoms with Crippen LogP contribution in [0, 0.1) is 25.6 Å². The van der Waals surface area contributed by atoms with Crippen LogP contribution in [0.15, 0.2) is 24.3 Å². The van der Waals surface area contributed by atoms with E-state index in [2.05, 4.69) is 10.4 Å². The Labute approximate surface area is 153 Å². The summed E-state index contributed by atoms with van der Waals surface area (Å²) in [6, 6.07) is 6.34. The first-order valence-electron chi connectivity index (χ1n) is 8.20. The van der Waals surface area contributed by atoms with Gasteiger partial charge in [-0.3, -0.25) is 4.79 Å². The number of aromatic nitrogens is 2. The molecule has 1 saturated carbocycles. The van der Waals surface area contributed by atoms with E-state index in [0.29, 0.717) is 18.2 Å². The van der Waals surface area contributed by atoms with Crippen LogP contribution in [-0.2, 0) is 0 Å². The fraction of sp³-hybridized carbons (Fsp3) is 0.444. The van der Waals surface area contributed by atoms with Gasteiger partial charge in [-0.1, -0.05) is 0 Å². The van der Waals surface area contributed by atoms with Crippen molar-refractivity contribution in [3.63, 3.8) is 0 Å². The summed E-state index contributed by atoms with van der Waals surface area (Å²) in [6.45, 7) is 6.04. The molecule has 7 heteroatoms. The maximum absolute atomic E-state index is 14.5. The number of nitrogens with one attached hydrogen (secondary N) is 1. The summed E-state index contributed by atoms with van der Waals surface area (Å²) in [5.74, 6) is -0.367. The normalized spacial score (nSPS) is 16.0. The van der Waals surface area contributed by atoms with Gasteiger partial charge in [-0.25, -0.2) is 9.07 Å². The monoisotopic (exact) mass is 366 g/mol. The van der Waals surface area contributed by atoms with Crippen LogP contribution in [0.2, 0.25) is 0 Å². The number of aryl methyl sites for hydroxylation is 2. The van der Waals surface area contributed by atoms with E-state index in [9.17, 15) is 9.18 Å². The Kier molecular flexibility index (Phi) is 5.54. The van der Waals surface area contributed by atoms with E-state index in [0.717, 1.165) is 24.2 Å². The number of hydrogen-bond donors (Lipinski definition) is 2. The summed E-state index contributed by atoms with van der Waals surface area (Å²) >= 11 is 0. The number of nitrogens with zero attached hydrogens (tertiary/aromatic N) is 2. The van der Waals surface area contributed by atoms with Crippen molar-refractivity contribution < 1.29 is 9.18 Å². The van der Waals surface area contributed by atoms with Crippen LogP contribution in [-0.4, -0.2) is 27.8 Å². The summed E-state index contributed by atoms with van der Waals surface area (Å²) in [5.41, 5.74) is 7.68. The molecule has 2 aromatic rings. The van der Waals surface area contributed by atoms with E-state index in [1.54, 1.807) is 16.8 Å². The van der Waals surface area contributed by atoms with Crippen LogP contribution in [0.4, 0.5) is 4.39 Å². The van der Waals surface area contributed by atoms with E-state index < -0.39 is 11.4 Å². The molecule has 0 radical (unpaired) electrons. The summed E-state index contributed by atoms with van der Waals surface area (Å²) in [7, 11) is 0. The van der Waals surface area contributed by atoms with Gasteiger partial charge in [0.1, 0.15) is 11.5 Å². The highest BCUT2D eigenvalue weighted by Gasteiger charge is 2.41. The van der Waals surface area contributed by atoms with Crippen molar-refractivity contribution in [1.82, 2.24) is 15.1 Å². The van der Waals surface area contributed by atoms with Crippen molar-refractivity contribution in [3.8, 4) is 5.69 Å². The molecule has 1 aliphatic carbocycles. The lowest BCUT2D eigenvalue weighted by Crippen LogP contribution is -2.53. The number of halogens is 2. The van der Waals surface area contributed by atoms with E-state index in [-0.39, 0.29) is 23.9 Å². The second-order valence-corrected chi connectivity index (χ2v) is 6.86. The Hall–Kier alpha value is -1.92. The van der Waals surface area contributed by atoms with Crippen LogP contribution >= 0.6 is 12.4 Å². The highest BCUT2D eigenvalue weighted by Crippen LogP contribution is 2.39. The van der Waals surface area contributed by atoms with E-state index >= 15 is 0 Å². The Morgan fingerprint density at radius 2 is 2.08 bits per heavy atom. The lowest BCUT2D eigenvalue weighted by Gasteiger charge is -2.29. The SMILES string of the molecule is Cc1cc(C)n(-c2ccc(C(=O)NC(C)(CN)C3CC3)cc2F)n1.Cl. The van der Waals surface area contributed by atoms with Crippen LogP contribution in [0.1, 0.15) is 41.5 Å². The molecule has 0 aliphatic heterocycles. The molecular weight excluding hydrogens is 343 g/mol. The van der Waals surface area contributed by atoms with Gasteiger partial charge in [0.15, 0.2) is 0 Å². The van der Waals surface area contributed by atoms with Gasteiger partial charge < -0.3 is 11.1 Å². The molecule has 3 N–H and O–H groups in total. The first kappa shape index (κ1) is 19.4. The average molecular weight is 367 g/mol. The molecule has 3 rings (SSSR count). The summed E-state index contributed by atoms with van der Waals surface area (Å²) in [6.07, 6.45) is 2.14. The first-order chi connectivity index (χ1) is 11.3. The standard InChI is InChI=1S/C18H23FN4O.ClH/c1-11-8-12(2)23(22-11)16-7-4-13(9-15(16)19)17(24)21-18(3,10-20)14-5-6-14;/h4,7-9,14H,5-6,10,20H2,1-3H3,(H,21,24);1H. The zero-order chi connectivity index (χ0) is 17.5. The van der Waals surface area contributed by atoms with Crippen molar-refractivity contribution in [3.05, 3.63) is 47.0 Å². The van der Waals surface area contributed by atoms with Gasteiger partial charge >= 0.3 is 0 Å². The number of nitrogens with two attached hydrogens (primary N) is 1. The van der Waals surface area contributed by atoms with E-state index in [4.69, 9.17) is 5.73 Å². The summed E-state index contributed by atoms with van der Waals surface area (Å²) in [4.78, 5) is 12.5. The maximum Gasteiger partial charge on any atom is 0.251 e. The van der Waals surface area contributed by atoms with Gasteiger partial charge in [-0.15, -0.1) is 12.4 Å². The van der Waals surface area contributed by atoms with Crippen molar-refractivity contribution >= 4 is 18.3 Å². The van der Waals surface area contributed by atoms with Gasteiger partial charge in [0, 0.05) is 17.8 Å². The van der Waals surface area contributed by atoms with Gasteiger partial charge in [-0.2, -0.15) is 5.10 Å². The minimum absolute atomic E-state index is 0. The predicted molar refractivity (Wildman–Crippen MR) is 97.9 cm³/mol. The van der Waals surface area contributed by atoms with Gasteiger partial charge in [0.05, 0.1) is 11.2 Å². The number of rotatable bonds is 5. The predicted octanol–water partition coefficient (Wildman–Crippen LogP) is 2.91. The van der Waals surface area contributed by atoms with Crippen LogP contribution in [0.25, 0.3) is 5.69 Å². The molecule has 25 heavy (non-hydrogen) atoms. The maximum atomic E-state index is 14.5. The van der Waals surface area contributed by atoms with Crippen molar-refractivity contribution in [2.24, 2.45) is 11.7 Å². The number of amides is 1. The molecule has 1 aromatic heterocycles. The largest absolute Gasteiger partial charge is 0.345 e. The second-order valence-electron chi connectivity index (χ2n) is 6.86. The first-order valence-corrected chi connectivity index (χ1v) is 8.20. The van der Waals surface area contributed by atoms with E-state index in [1.807, 2.05) is 26.8 Å². The molecule has 1 heterocycles. The number of benzene rings is 1. The summed E-state index contributed by atoms with van der Waals surface area (Å²) in [5, 5.41) is 7.25. The lowest BCUT2D eigenvalue weighted by molar-refractivity contribution is 0.0897. The second kappa shape index (κ2) is 7.14. The van der Waals surface area contributed by atoms with Gasteiger partial charge in [0.25, 0.3) is 5.91 Å². The minimum atomic E-state index is -0.477. The molecule has 1 amide bonds. The average Bonchev–Trinajstić information content (AvgIpc) is 3.33. The smallest absolute Gasteiger partial charge is 0.251 e. The number of hydrogen-bond acceptors (Lipinski definition) is 3. The molecule has 1 atom stereocenters. The molecule has 0 saturated heterocycles. The Morgan fingerprint density at radius 3 is 2.56 bits per heavy atom. The molecule has 1 aliphatic rings. The molecule has 136 valence electrons. The molecule has 5 nitrogen and oxygen atoms in total. The van der Waals surface area contributed by atoms with Crippen LogP contribution in [0.5, 0.6) is 0 Å². The van der Waals surface area contributed by atoms with Crippen molar-refractivity contribution in [2.45, 2.75) is 39.2 Å². The third kappa shape index (κ3) is 3.85. The van der Waals surface area contributed by atoms with Gasteiger partial charge in [-0.05, 0) is 63.8 Å². The molecule has 0 spiro atoms. The molecule has 1 fully saturated rings. The summed E-state index contributed by atoms with van der Waals surface area (Å²) < 4.78 is 16.0. The fourth-order valence-electron chi connectivity index (χ4n) is 3.06. The Balaban J connectivity index is 0.00000225. The molecular formula is C18H24ClFN4O. The topological polar surface area (TPSA) is 72.9 Å².